The van der Waals surface area contributed by atoms with Crippen molar-refractivity contribution in [2.24, 2.45) is 0 Å². The normalized spacial score (nSPS) is 10.9. The van der Waals surface area contributed by atoms with E-state index in [-0.39, 0.29) is 6.61 Å². The Kier molecular flexibility index (Phi) is 5.71. The third kappa shape index (κ3) is 4.22. The second kappa shape index (κ2) is 8.57. The predicted octanol–water partition coefficient (Wildman–Crippen LogP) is 4.24. The van der Waals surface area contributed by atoms with Crippen LogP contribution < -0.4 is 0 Å². The molecular weight excluding hydrogens is 411 g/mol. The zero-order valence-electron chi connectivity index (χ0n) is 15.1. The maximum absolute atomic E-state index is 9.02. The fourth-order valence-electron chi connectivity index (χ4n) is 2.91. The summed E-state index contributed by atoms with van der Waals surface area (Å²) in [6.07, 6.45) is 6.64. The standard InChI is InChI=1S/C14H12ClN3O.C6H4ClN3/c15-14-13-12(16-9-17-14)5-6-18(13)7-10-1-3-11(8-19)4-2-10;7-6-5-4(1-2-8-5)9-3-10-6/h1-6,9,19H,7-8H2;1-3,8H. The van der Waals surface area contributed by atoms with Crippen LogP contribution in [-0.2, 0) is 13.2 Å². The fourth-order valence-corrected chi connectivity index (χ4v) is 3.36. The monoisotopic (exact) mass is 426 g/mol. The van der Waals surface area contributed by atoms with E-state index in [1.165, 1.54) is 12.7 Å². The van der Waals surface area contributed by atoms with E-state index >= 15 is 0 Å². The summed E-state index contributed by atoms with van der Waals surface area (Å²) in [5.74, 6) is 0. The zero-order chi connectivity index (χ0) is 20.2. The average molecular weight is 427 g/mol. The van der Waals surface area contributed by atoms with E-state index < -0.39 is 0 Å². The Balaban J connectivity index is 0.000000171. The first-order valence-corrected chi connectivity index (χ1v) is 9.49. The second-order valence-corrected chi connectivity index (χ2v) is 6.93. The molecule has 5 aromatic rings. The highest BCUT2D eigenvalue weighted by Crippen LogP contribution is 2.21. The van der Waals surface area contributed by atoms with Crippen molar-refractivity contribution in [1.82, 2.24) is 29.5 Å². The summed E-state index contributed by atoms with van der Waals surface area (Å²) in [5.41, 5.74) is 5.36. The molecule has 1 aromatic carbocycles. The first-order chi connectivity index (χ1) is 14.2. The Bertz CT molecular complexity index is 1250. The Hall–Kier alpha value is -3.00. The highest BCUT2D eigenvalue weighted by Gasteiger charge is 2.07. The number of aliphatic hydroxyl groups is 1. The Morgan fingerprint density at radius 2 is 1.52 bits per heavy atom. The molecular formula is C20H16Cl2N6O. The van der Waals surface area contributed by atoms with Crippen LogP contribution in [0.2, 0.25) is 10.3 Å². The molecule has 2 N–H and O–H groups in total. The Morgan fingerprint density at radius 3 is 2.24 bits per heavy atom. The van der Waals surface area contributed by atoms with E-state index in [2.05, 4.69) is 24.9 Å². The molecule has 146 valence electrons. The van der Waals surface area contributed by atoms with Crippen LogP contribution in [-0.4, -0.2) is 34.6 Å². The van der Waals surface area contributed by atoms with E-state index in [0.717, 1.165) is 33.2 Å². The molecule has 7 nitrogen and oxygen atoms in total. The van der Waals surface area contributed by atoms with Gasteiger partial charge in [-0.3, -0.25) is 0 Å². The second-order valence-electron chi connectivity index (χ2n) is 6.22. The van der Waals surface area contributed by atoms with E-state index in [0.29, 0.717) is 16.9 Å². The number of H-pyrrole nitrogens is 1. The molecule has 0 unspecified atom stereocenters. The van der Waals surface area contributed by atoms with Gasteiger partial charge in [0.1, 0.15) is 23.7 Å². The lowest BCUT2D eigenvalue weighted by Crippen LogP contribution is -1.99. The van der Waals surface area contributed by atoms with Gasteiger partial charge in [-0.25, -0.2) is 19.9 Å². The SMILES string of the molecule is Clc1ncnc2cc[nH]c12.OCc1ccc(Cn2ccc3ncnc(Cl)c32)cc1. The van der Waals surface area contributed by atoms with Gasteiger partial charge in [0.25, 0.3) is 0 Å². The highest BCUT2D eigenvalue weighted by atomic mass is 35.5. The van der Waals surface area contributed by atoms with Crippen molar-refractivity contribution in [3.05, 3.63) is 82.9 Å². The molecule has 0 aliphatic carbocycles. The number of aromatic nitrogens is 6. The van der Waals surface area contributed by atoms with Crippen LogP contribution in [0.5, 0.6) is 0 Å². The minimum absolute atomic E-state index is 0.0619. The van der Waals surface area contributed by atoms with Gasteiger partial charge in [-0.15, -0.1) is 0 Å². The number of halogens is 2. The average Bonchev–Trinajstić information content (AvgIpc) is 3.38. The third-order valence-electron chi connectivity index (χ3n) is 4.36. The molecule has 0 radical (unpaired) electrons. The van der Waals surface area contributed by atoms with Crippen LogP contribution in [0.1, 0.15) is 11.1 Å². The lowest BCUT2D eigenvalue weighted by atomic mass is 10.1. The molecule has 0 bridgehead atoms. The van der Waals surface area contributed by atoms with Crippen LogP contribution in [0.15, 0.2) is 61.4 Å². The van der Waals surface area contributed by atoms with Gasteiger partial charge in [0.05, 0.1) is 17.6 Å². The van der Waals surface area contributed by atoms with E-state index in [1.807, 2.05) is 47.2 Å². The van der Waals surface area contributed by atoms with Crippen LogP contribution in [0.3, 0.4) is 0 Å². The molecule has 29 heavy (non-hydrogen) atoms. The van der Waals surface area contributed by atoms with Gasteiger partial charge < -0.3 is 14.7 Å². The highest BCUT2D eigenvalue weighted by molar-refractivity contribution is 6.34. The van der Waals surface area contributed by atoms with Crippen LogP contribution in [0.4, 0.5) is 0 Å². The molecule has 9 heteroatoms. The molecule has 0 atom stereocenters. The van der Waals surface area contributed by atoms with Gasteiger partial charge in [0.2, 0.25) is 0 Å². The predicted molar refractivity (Wildman–Crippen MR) is 113 cm³/mol. The number of benzene rings is 1. The number of rotatable bonds is 3. The summed E-state index contributed by atoms with van der Waals surface area (Å²) in [6.45, 7) is 0.759. The number of nitrogens with one attached hydrogen (secondary N) is 1. The van der Waals surface area contributed by atoms with E-state index in [4.69, 9.17) is 28.3 Å². The smallest absolute Gasteiger partial charge is 0.156 e. The number of hydrogen-bond acceptors (Lipinski definition) is 5. The Labute approximate surface area is 176 Å². The maximum atomic E-state index is 9.02. The first kappa shape index (κ1) is 19.3. The number of nitrogens with zero attached hydrogens (tertiary/aromatic N) is 5. The minimum atomic E-state index is 0.0619. The van der Waals surface area contributed by atoms with Crippen molar-refractivity contribution in [3.8, 4) is 0 Å². The number of hydrogen-bond donors (Lipinski definition) is 2. The van der Waals surface area contributed by atoms with Crippen LogP contribution in [0, 0.1) is 0 Å². The number of aliphatic hydroxyl groups excluding tert-OH is 1. The van der Waals surface area contributed by atoms with E-state index in [1.54, 1.807) is 6.20 Å². The van der Waals surface area contributed by atoms with Gasteiger partial charge in [-0.1, -0.05) is 47.5 Å². The summed E-state index contributed by atoms with van der Waals surface area (Å²) in [6, 6.07) is 11.6. The number of aromatic amines is 1. The summed E-state index contributed by atoms with van der Waals surface area (Å²) in [5, 5.41) is 9.95. The summed E-state index contributed by atoms with van der Waals surface area (Å²) in [7, 11) is 0. The van der Waals surface area contributed by atoms with E-state index in [9.17, 15) is 0 Å². The molecule has 0 fully saturated rings. The van der Waals surface area contributed by atoms with Gasteiger partial charge in [0, 0.05) is 18.9 Å². The fraction of sp³-hybridized carbons (Fsp3) is 0.100. The summed E-state index contributed by atoms with van der Waals surface area (Å²) < 4.78 is 2.02. The lowest BCUT2D eigenvalue weighted by molar-refractivity contribution is 0.282. The van der Waals surface area contributed by atoms with Crippen molar-refractivity contribution in [2.45, 2.75) is 13.2 Å². The van der Waals surface area contributed by atoms with Crippen molar-refractivity contribution in [1.29, 1.82) is 0 Å². The number of fused-ring (bicyclic) bond motifs is 2. The molecule has 5 rings (SSSR count). The molecule has 0 aliphatic rings. The minimum Gasteiger partial charge on any atom is -0.392 e. The molecule has 4 heterocycles. The lowest BCUT2D eigenvalue weighted by Gasteiger charge is -2.07. The molecule has 0 spiro atoms. The quantitative estimate of drug-likeness (QED) is 0.421. The van der Waals surface area contributed by atoms with Crippen molar-refractivity contribution >= 4 is 45.3 Å². The Morgan fingerprint density at radius 1 is 0.828 bits per heavy atom. The molecule has 0 aliphatic heterocycles. The van der Waals surface area contributed by atoms with Crippen LogP contribution in [0.25, 0.3) is 22.1 Å². The van der Waals surface area contributed by atoms with Gasteiger partial charge in [-0.2, -0.15) is 0 Å². The van der Waals surface area contributed by atoms with Gasteiger partial charge in [0.15, 0.2) is 10.3 Å². The molecule has 0 saturated heterocycles. The van der Waals surface area contributed by atoms with Crippen molar-refractivity contribution in [2.75, 3.05) is 0 Å². The maximum Gasteiger partial charge on any atom is 0.156 e. The molecule has 4 aromatic heterocycles. The van der Waals surface area contributed by atoms with Gasteiger partial charge >= 0.3 is 0 Å². The summed E-state index contributed by atoms with van der Waals surface area (Å²) >= 11 is 11.8. The molecule has 0 saturated carbocycles. The van der Waals surface area contributed by atoms with Crippen molar-refractivity contribution < 1.29 is 5.11 Å². The first-order valence-electron chi connectivity index (χ1n) is 8.73. The largest absolute Gasteiger partial charge is 0.392 e. The topological polar surface area (TPSA) is 92.5 Å². The zero-order valence-corrected chi connectivity index (χ0v) is 16.6. The summed E-state index contributed by atoms with van der Waals surface area (Å²) in [4.78, 5) is 18.9. The molecule has 0 amide bonds. The third-order valence-corrected chi connectivity index (χ3v) is 4.93. The van der Waals surface area contributed by atoms with Gasteiger partial charge in [-0.05, 0) is 23.3 Å². The van der Waals surface area contributed by atoms with Crippen molar-refractivity contribution in [3.63, 3.8) is 0 Å². The van der Waals surface area contributed by atoms with Crippen LogP contribution >= 0.6 is 23.2 Å².